The van der Waals surface area contributed by atoms with Gasteiger partial charge >= 0.3 is 5.97 Å². The fourth-order valence-electron chi connectivity index (χ4n) is 2.76. The zero-order chi connectivity index (χ0) is 13.2. The van der Waals surface area contributed by atoms with Gasteiger partial charge in [0, 0.05) is 5.38 Å². The fraction of sp³-hybridized carbons (Fsp3) is 0.500. The maximum absolute atomic E-state index is 11.6. The molecule has 1 aromatic carbocycles. The van der Waals surface area contributed by atoms with E-state index in [4.69, 9.17) is 23.2 Å². The Hall–Kier alpha value is -0.730. The molecule has 1 N–H and O–H groups in total. The molecular weight excluding hydrogens is 271 g/mol. The van der Waals surface area contributed by atoms with E-state index >= 15 is 0 Å². The van der Waals surface area contributed by atoms with Gasteiger partial charge in [-0.2, -0.15) is 0 Å². The Balaban J connectivity index is 2.33. The Kier molecular flexibility index (Phi) is 4.18. The van der Waals surface area contributed by atoms with Gasteiger partial charge in [0.25, 0.3) is 0 Å². The topological polar surface area (TPSA) is 37.3 Å². The molecule has 2 rings (SSSR count). The van der Waals surface area contributed by atoms with Crippen LogP contribution in [-0.4, -0.2) is 21.3 Å². The minimum atomic E-state index is -0.873. The van der Waals surface area contributed by atoms with Crippen molar-refractivity contribution in [3.63, 3.8) is 0 Å². The van der Waals surface area contributed by atoms with Crippen molar-refractivity contribution in [1.82, 2.24) is 0 Å². The predicted molar refractivity (Wildman–Crippen MR) is 73.5 cm³/mol. The molecule has 1 aliphatic rings. The van der Waals surface area contributed by atoms with E-state index in [-0.39, 0.29) is 5.38 Å². The molecule has 0 bridgehead atoms. The number of aliphatic carboxylic acids is 1. The first-order valence-corrected chi connectivity index (χ1v) is 6.95. The largest absolute Gasteiger partial charge is 0.481 e. The normalized spacial score (nSPS) is 29.8. The minimum Gasteiger partial charge on any atom is -0.481 e. The van der Waals surface area contributed by atoms with Gasteiger partial charge in [0.1, 0.15) is 5.92 Å². The van der Waals surface area contributed by atoms with Crippen LogP contribution >= 0.6 is 23.2 Å². The molecule has 98 valence electrons. The van der Waals surface area contributed by atoms with E-state index in [1.54, 1.807) is 0 Å². The van der Waals surface area contributed by atoms with Crippen molar-refractivity contribution in [3.8, 4) is 0 Å². The highest BCUT2D eigenvalue weighted by atomic mass is 35.5. The van der Waals surface area contributed by atoms with Gasteiger partial charge in [-0.3, -0.25) is 4.79 Å². The number of hydrogen-bond acceptors (Lipinski definition) is 1. The van der Waals surface area contributed by atoms with Crippen LogP contribution in [0.2, 0.25) is 0 Å². The van der Waals surface area contributed by atoms with Gasteiger partial charge in [-0.25, -0.2) is 0 Å². The first kappa shape index (κ1) is 13.7. The summed E-state index contributed by atoms with van der Waals surface area (Å²) in [5.41, 5.74) is 0.755. The van der Waals surface area contributed by atoms with Crippen LogP contribution in [0.25, 0.3) is 0 Å². The van der Waals surface area contributed by atoms with Gasteiger partial charge in [-0.1, -0.05) is 36.8 Å². The number of carboxylic acids is 1. The van der Waals surface area contributed by atoms with Crippen LogP contribution in [0.4, 0.5) is 0 Å². The molecule has 3 atom stereocenters. The van der Waals surface area contributed by atoms with E-state index in [1.165, 1.54) is 0 Å². The van der Waals surface area contributed by atoms with Crippen LogP contribution < -0.4 is 0 Å². The first-order valence-electron chi connectivity index (χ1n) is 6.14. The highest BCUT2D eigenvalue weighted by Crippen LogP contribution is 2.46. The fourth-order valence-corrected chi connectivity index (χ4v) is 3.81. The number of carbonyl (C=O) groups is 1. The molecule has 0 amide bonds. The number of halogens is 2. The summed E-state index contributed by atoms with van der Waals surface area (Å²) >= 11 is 12.8. The number of rotatable bonds is 3. The van der Waals surface area contributed by atoms with Crippen molar-refractivity contribution in [1.29, 1.82) is 0 Å². The van der Waals surface area contributed by atoms with Crippen molar-refractivity contribution in [2.75, 3.05) is 0 Å². The van der Waals surface area contributed by atoms with E-state index in [2.05, 4.69) is 0 Å². The number of hydrogen-bond donors (Lipinski definition) is 1. The van der Waals surface area contributed by atoms with Gasteiger partial charge in [-0.05, 0) is 24.8 Å². The Morgan fingerprint density at radius 2 is 2.06 bits per heavy atom. The van der Waals surface area contributed by atoms with Crippen LogP contribution in [0.15, 0.2) is 30.3 Å². The molecule has 0 aromatic heterocycles. The second-order valence-corrected chi connectivity index (χ2v) is 6.28. The maximum Gasteiger partial charge on any atom is 0.312 e. The molecule has 18 heavy (non-hydrogen) atoms. The Bertz CT molecular complexity index is 421. The van der Waals surface area contributed by atoms with Gasteiger partial charge in [0.05, 0.1) is 4.87 Å². The van der Waals surface area contributed by atoms with Crippen molar-refractivity contribution < 1.29 is 9.90 Å². The number of alkyl halides is 2. The van der Waals surface area contributed by atoms with Crippen molar-refractivity contribution in [2.45, 2.75) is 41.9 Å². The zero-order valence-electron chi connectivity index (χ0n) is 9.98. The summed E-state index contributed by atoms with van der Waals surface area (Å²) in [5, 5.41) is 9.48. The third-order valence-electron chi connectivity index (χ3n) is 3.57. The summed E-state index contributed by atoms with van der Waals surface area (Å²) in [5.74, 6) is -1.57. The van der Waals surface area contributed by atoms with Gasteiger partial charge in [0.15, 0.2) is 0 Å². The summed E-state index contributed by atoms with van der Waals surface area (Å²) in [4.78, 5) is 10.8. The van der Waals surface area contributed by atoms with Gasteiger partial charge in [0.2, 0.25) is 0 Å². The van der Waals surface area contributed by atoms with Crippen molar-refractivity contribution in [2.24, 2.45) is 0 Å². The molecule has 0 heterocycles. The summed E-state index contributed by atoms with van der Waals surface area (Å²) in [7, 11) is 0. The molecule has 2 nitrogen and oxygen atoms in total. The summed E-state index contributed by atoms with van der Waals surface area (Å²) in [6, 6.07) is 9.19. The lowest BCUT2D eigenvalue weighted by Crippen LogP contribution is -2.40. The Labute approximate surface area is 117 Å². The summed E-state index contributed by atoms with van der Waals surface area (Å²) < 4.78 is 0. The van der Waals surface area contributed by atoms with E-state index in [0.29, 0.717) is 12.8 Å². The van der Waals surface area contributed by atoms with Crippen LogP contribution in [0.3, 0.4) is 0 Å². The average molecular weight is 287 g/mol. The minimum absolute atomic E-state index is 0.0261. The predicted octanol–water partition coefficient (Wildman–Crippen LogP) is 4.01. The Morgan fingerprint density at radius 1 is 1.39 bits per heavy atom. The second kappa shape index (κ2) is 5.50. The zero-order valence-corrected chi connectivity index (χ0v) is 11.5. The lowest BCUT2D eigenvalue weighted by atomic mass is 9.76. The van der Waals surface area contributed by atoms with Crippen LogP contribution in [0, 0.1) is 0 Å². The summed E-state index contributed by atoms with van der Waals surface area (Å²) in [6.07, 6.45) is 3.04. The molecule has 4 heteroatoms. The smallest absolute Gasteiger partial charge is 0.312 e. The quantitative estimate of drug-likeness (QED) is 0.853. The molecule has 0 radical (unpaired) electrons. The molecule has 1 saturated carbocycles. The number of carboxylic acid groups (broad SMARTS) is 1. The molecule has 1 aromatic rings. The summed E-state index contributed by atoms with van der Waals surface area (Å²) in [6.45, 7) is 0. The van der Waals surface area contributed by atoms with E-state index in [0.717, 1.165) is 18.4 Å². The van der Waals surface area contributed by atoms with E-state index < -0.39 is 16.8 Å². The standard InChI is InChI=1S/C14H16Cl2O2/c15-11-7-4-8-14(16,9-11)12(13(17)18)10-5-2-1-3-6-10/h1-3,5-6,11-12H,4,7-9H2,(H,17,18). The first-order chi connectivity index (χ1) is 8.53. The van der Waals surface area contributed by atoms with Crippen LogP contribution in [-0.2, 0) is 4.79 Å². The third-order valence-corrected chi connectivity index (χ3v) is 4.50. The van der Waals surface area contributed by atoms with Gasteiger partial charge in [-0.15, -0.1) is 23.2 Å². The number of benzene rings is 1. The molecule has 0 spiro atoms. The van der Waals surface area contributed by atoms with Crippen LogP contribution in [0.5, 0.6) is 0 Å². The van der Waals surface area contributed by atoms with Crippen molar-refractivity contribution >= 4 is 29.2 Å². The highest BCUT2D eigenvalue weighted by molar-refractivity contribution is 6.27. The van der Waals surface area contributed by atoms with E-state index in [1.807, 2.05) is 30.3 Å². The molecule has 0 aliphatic heterocycles. The Morgan fingerprint density at radius 3 is 2.61 bits per heavy atom. The molecule has 0 saturated heterocycles. The van der Waals surface area contributed by atoms with Crippen molar-refractivity contribution in [3.05, 3.63) is 35.9 Å². The second-order valence-electron chi connectivity index (χ2n) is 4.91. The molecule has 3 unspecified atom stereocenters. The lowest BCUT2D eigenvalue weighted by Gasteiger charge is -2.38. The molecule has 1 aliphatic carbocycles. The SMILES string of the molecule is O=C(O)C(c1ccccc1)C1(Cl)CCCC(Cl)C1. The van der Waals surface area contributed by atoms with E-state index in [9.17, 15) is 9.90 Å². The maximum atomic E-state index is 11.6. The van der Waals surface area contributed by atoms with Crippen LogP contribution in [0.1, 0.15) is 37.2 Å². The average Bonchev–Trinajstić information content (AvgIpc) is 2.29. The monoisotopic (exact) mass is 286 g/mol. The van der Waals surface area contributed by atoms with Gasteiger partial charge < -0.3 is 5.11 Å². The highest BCUT2D eigenvalue weighted by Gasteiger charge is 2.45. The molecular formula is C14H16Cl2O2. The lowest BCUT2D eigenvalue weighted by molar-refractivity contribution is -0.140. The third kappa shape index (κ3) is 2.81. The molecule has 1 fully saturated rings.